The molecule has 0 aromatic heterocycles. The van der Waals surface area contributed by atoms with Gasteiger partial charge in [-0.25, -0.2) is 0 Å². The molecule has 0 aromatic rings. The lowest BCUT2D eigenvalue weighted by Crippen LogP contribution is -2.55. The van der Waals surface area contributed by atoms with Crippen LogP contribution >= 0.6 is 12.4 Å². The van der Waals surface area contributed by atoms with E-state index in [0.717, 1.165) is 38.5 Å². The summed E-state index contributed by atoms with van der Waals surface area (Å²) >= 11 is 0. The van der Waals surface area contributed by atoms with Gasteiger partial charge in [0, 0.05) is 18.6 Å². The van der Waals surface area contributed by atoms with E-state index in [1.165, 1.54) is 0 Å². The van der Waals surface area contributed by atoms with Gasteiger partial charge in [-0.15, -0.1) is 12.4 Å². The van der Waals surface area contributed by atoms with Gasteiger partial charge in [0.25, 0.3) is 0 Å². The summed E-state index contributed by atoms with van der Waals surface area (Å²) in [6.45, 7) is 4.53. The van der Waals surface area contributed by atoms with E-state index >= 15 is 0 Å². The van der Waals surface area contributed by atoms with Crippen LogP contribution in [0.5, 0.6) is 0 Å². The Bertz CT molecular complexity index is 298. The first kappa shape index (κ1) is 16.7. The Morgan fingerprint density at radius 1 is 1.26 bits per heavy atom. The summed E-state index contributed by atoms with van der Waals surface area (Å²) in [5, 5.41) is 9.80. The van der Waals surface area contributed by atoms with Crippen molar-refractivity contribution in [3.63, 3.8) is 0 Å². The average molecular weight is 291 g/mol. The zero-order valence-corrected chi connectivity index (χ0v) is 12.8. The number of carbonyl (C=O) groups excluding carboxylic acids is 1. The third kappa shape index (κ3) is 2.76. The van der Waals surface area contributed by atoms with Crippen molar-refractivity contribution < 1.29 is 9.90 Å². The summed E-state index contributed by atoms with van der Waals surface area (Å²) in [6, 6.07) is 0.491. The predicted molar refractivity (Wildman–Crippen MR) is 78.2 cm³/mol. The van der Waals surface area contributed by atoms with Gasteiger partial charge in [-0.2, -0.15) is 0 Å². The van der Waals surface area contributed by atoms with Gasteiger partial charge in [0.1, 0.15) is 0 Å². The summed E-state index contributed by atoms with van der Waals surface area (Å²) in [5.74, 6) is 0.231. The second-order valence-corrected chi connectivity index (χ2v) is 5.91. The highest BCUT2D eigenvalue weighted by Gasteiger charge is 2.48. The molecule has 4 nitrogen and oxygen atoms in total. The van der Waals surface area contributed by atoms with Crippen molar-refractivity contribution in [3.05, 3.63) is 0 Å². The smallest absolute Gasteiger partial charge is 0.230 e. The largest absolute Gasteiger partial charge is 0.393 e. The molecule has 2 rings (SSSR count). The Kier molecular flexibility index (Phi) is 5.65. The van der Waals surface area contributed by atoms with E-state index in [2.05, 4.69) is 18.7 Å². The van der Waals surface area contributed by atoms with Crippen molar-refractivity contribution in [1.29, 1.82) is 0 Å². The first-order valence-electron chi connectivity index (χ1n) is 7.28. The van der Waals surface area contributed by atoms with Crippen LogP contribution < -0.4 is 5.73 Å². The standard InChI is InChI=1S/C14H26N2O2.ClH/c1-3-14(4-2,9-15)13(18)16-10-5-6-11(16)8-12(17)7-10;/h10-12,17H,3-9,15H2,1-2H3;1H. The fourth-order valence-electron chi connectivity index (χ4n) is 3.68. The Hall–Kier alpha value is -0.320. The highest BCUT2D eigenvalue weighted by molar-refractivity contribution is 5.85. The molecule has 112 valence electrons. The van der Waals surface area contributed by atoms with E-state index in [1.807, 2.05) is 0 Å². The number of hydrogen-bond acceptors (Lipinski definition) is 3. The first-order chi connectivity index (χ1) is 8.57. The van der Waals surface area contributed by atoms with Gasteiger partial charge in [-0.1, -0.05) is 13.8 Å². The maximum atomic E-state index is 12.8. The molecule has 2 heterocycles. The van der Waals surface area contributed by atoms with Crippen molar-refractivity contribution in [1.82, 2.24) is 4.90 Å². The van der Waals surface area contributed by atoms with E-state index in [-0.39, 0.29) is 41.9 Å². The van der Waals surface area contributed by atoms with E-state index in [1.54, 1.807) is 0 Å². The second-order valence-electron chi connectivity index (χ2n) is 5.91. The van der Waals surface area contributed by atoms with Crippen LogP contribution in [0.3, 0.4) is 0 Å². The molecular formula is C14H27ClN2O2. The minimum Gasteiger partial charge on any atom is -0.393 e. The van der Waals surface area contributed by atoms with Crippen molar-refractivity contribution in [3.8, 4) is 0 Å². The molecule has 0 saturated carbocycles. The third-order valence-corrected chi connectivity index (χ3v) is 5.14. The summed E-state index contributed by atoms with van der Waals surface area (Å²) < 4.78 is 0. The van der Waals surface area contributed by atoms with Gasteiger partial charge in [0.15, 0.2) is 0 Å². The van der Waals surface area contributed by atoms with Gasteiger partial charge in [-0.3, -0.25) is 4.79 Å². The van der Waals surface area contributed by atoms with Crippen molar-refractivity contribution >= 4 is 18.3 Å². The number of rotatable bonds is 4. The van der Waals surface area contributed by atoms with Crippen LogP contribution in [0.2, 0.25) is 0 Å². The maximum absolute atomic E-state index is 12.8. The number of aliphatic hydroxyl groups excluding tert-OH is 1. The number of hydrogen-bond donors (Lipinski definition) is 2. The number of amides is 1. The van der Waals surface area contributed by atoms with Crippen LogP contribution in [0.4, 0.5) is 0 Å². The normalized spacial score (nSPS) is 30.1. The fourth-order valence-corrected chi connectivity index (χ4v) is 3.68. The van der Waals surface area contributed by atoms with Crippen molar-refractivity contribution in [2.24, 2.45) is 11.1 Å². The molecule has 2 aliphatic heterocycles. The number of aliphatic hydroxyl groups is 1. The molecule has 2 aliphatic rings. The monoisotopic (exact) mass is 290 g/mol. The van der Waals surface area contributed by atoms with E-state index in [0.29, 0.717) is 6.54 Å². The molecule has 2 atom stereocenters. The number of fused-ring (bicyclic) bond motifs is 2. The van der Waals surface area contributed by atoms with E-state index in [4.69, 9.17) is 5.73 Å². The lowest BCUT2D eigenvalue weighted by molar-refractivity contribution is -0.148. The Labute approximate surface area is 122 Å². The topological polar surface area (TPSA) is 66.6 Å². The Morgan fingerprint density at radius 3 is 2.11 bits per heavy atom. The molecule has 2 unspecified atom stereocenters. The molecule has 2 bridgehead atoms. The molecule has 0 aromatic carbocycles. The Morgan fingerprint density at radius 2 is 1.74 bits per heavy atom. The molecule has 2 fully saturated rings. The van der Waals surface area contributed by atoms with Crippen LogP contribution in [-0.4, -0.2) is 40.6 Å². The fraction of sp³-hybridized carbons (Fsp3) is 0.929. The SMILES string of the molecule is CCC(CC)(CN)C(=O)N1C2CCC1CC(O)C2.Cl. The molecule has 0 spiro atoms. The van der Waals surface area contributed by atoms with Gasteiger partial charge in [0.2, 0.25) is 5.91 Å². The number of halogens is 1. The number of piperidine rings is 1. The second kappa shape index (κ2) is 6.42. The van der Waals surface area contributed by atoms with Crippen LogP contribution in [0.15, 0.2) is 0 Å². The summed E-state index contributed by atoms with van der Waals surface area (Å²) in [6.07, 6.45) is 4.96. The zero-order chi connectivity index (χ0) is 13.3. The van der Waals surface area contributed by atoms with Crippen LogP contribution in [0, 0.1) is 5.41 Å². The lowest BCUT2D eigenvalue weighted by atomic mass is 9.79. The highest BCUT2D eigenvalue weighted by atomic mass is 35.5. The third-order valence-electron chi connectivity index (χ3n) is 5.14. The molecule has 1 amide bonds. The predicted octanol–water partition coefficient (Wildman–Crippen LogP) is 1.69. The quantitative estimate of drug-likeness (QED) is 0.828. The number of carbonyl (C=O) groups is 1. The molecule has 3 N–H and O–H groups in total. The zero-order valence-electron chi connectivity index (χ0n) is 12.0. The maximum Gasteiger partial charge on any atom is 0.230 e. The van der Waals surface area contributed by atoms with Gasteiger partial charge >= 0.3 is 0 Å². The minimum atomic E-state index is -0.386. The molecule has 5 heteroatoms. The van der Waals surface area contributed by atoms with Gasteiger partial charge in [0.05, 0.1) is 11.5 Å². The summed E-state index contributed by atoms with van der Waals surface area (Å²) in [7, 11) is 0. The number of nitrogens with zero attached hydrogens (tertiary/aromatic N) is 1. The van der Waals surface area contributed by atoms with E-state index in [9.17, 15) is 9.90 Å². The van der Waals surface area contributed by atoms with Crippen LogP contribution in [0.1, 0.15) is 52.4 Å². The highest BCUT2D eigenvalue weighted by Crippen LogP contribution is 2.40. The Balaban J connectivity index is 0.00000180. The number of nitrogens with two attached hydrogens (primary N) is 1. The van der Waals surface area contributed by atoms with Crippen LogP contribution in [0.25, 0.3) is 0 Å². The van der Waals surface area contributed by atoms with Gasteiger partial charge < -0.3 is 15.7 Å². The summed E-state index contributed by atoms with van der Waals surface area (Å²) in [4.78, 5) is 14.9. The first-order valence-corrected chi connectivity index (χ1v) is 7.28. The average Bonchev–Trinajstić information content (AvgIpc) is 2.64. The molecule has 19 heavy (non-hydrogen) atoms. The lowest BCUT2D eigenvalue weighted by Gasteiger charge is -2.43. The van der Waals surface area contributed by atoms with Gasteiger partial charge in [-0.05, 0) is 38.5 Å². The van der Waals surface area contributed by atoms with Crippen molar-refractivity contribution in [2.75, 3.05) is 6.54 Å². The minimum absolute atomic E-state index is 0. The molecular weight excluding hydrogens is 264 g/mol. The molecule has 0 aliphatic carbocycles. The van der Waals surface area contributed by atoms with E-state index < -0.39 is 0 Å². The molecule has 0 radical (unpaired) electrons. The van der Waals surface area contributed by atoms with Crippen LogP contribution in [-0.2, 0) is 4.79 Å². The van der Waals surface area contributed by atoms with Crippen molar-refractivity contribution in [2.45, 2.75) is 70.6 Å². The summed E-state index contributed by atoms with van der Waals surface area (Å²) in [5.41, 5.74) is 5.49. The molecule has 2 saturated heterocycles.